The Bertz CT molecular complexity index is 1540. The molecule has 1 atom stereocenters. The average molecular weight is 612 g/mol. The van der Waals surface area contributed by atoms with Gasteiger partial charge in [0.15, 0.2) is 12.2 Å². The second-order valence-corrected chi connectivity index (χ2v) is 11.9. The van der Waals surface area contributed by atoms with E-state index in [1.807, 2.05) is 37.5 Å². The zero-order valence-electron chi connectivity index (χ0n) is 25.7. The SMILES string of the molecule is Cc1ncoc1COc1ccc2c(c1)CCN(CC(O)CNC(=O)c1ccc(OC3CCN(Cc4ccncc4)CC3)cc1)C2. The number of aromatic nitrogens is 2. The molecule has 236 valence electrons. The van der Waals surface area contributed by atoms with Crippen molar-refractivity contribution in [2.75, 3.05) is 32.7 Å². The van der Waals surface area contributed by atoms with E-state index in [0.717, 1.165) is 74.9 Å². The van der Waals surface area contributed by atoms with Gasteiger partial charge in [-0.1, -0.05) is 6.07 Å². The van der Waals surface area contributed by atoms with E-state index in [9.17, 15) is 9.90 Å². The molecule has 1 fully saturated rings. The summed E-state index contributed by atoms with van der Waals surface area (Å²) in [6, 6.07) is 17.5. The van der Waals surface area contributed by atoms with E-state index in [1.165, 1.54) is 23.1 Å². The zero-order chi connectivity index (χ0) is 31.0. The molecule has 0 radical (unpaired) electrons. The Hall–Kier alpha value is -4.25. The monoisotopic (exact) mass is 611 g/mol. The highest BCUT2D eigenvalue weighted by molar-refractivity contribution is 5.94. The first kappa shape index (κ1) is 30.8. The zero-order valence-corrected chi connectivity index (χ0v) is 25.7. The number of oxazole rings is 1. The van der Waals surface area contributed by atoms with Crippen LogP contribution in [0.5, 0.6) is 11.5 Å². The molecule has 2 aliphatic heterocycles. The first-order valence-corrected chi connectivity index (χ1v) is 15.7. The standard InChI is InChI=1S/C35H41N5O5/c1-25-34(44-24-38-25)23-43-33-7-4-29-21-40(15-10-28(29)18-33)22-30(41)19-37-35(42)27-2-5-31(6-3-27)45-32-11-16-39(17-12-32)20-26-8-13-36-14-9-26/h2-9,13-14,18,24,30,32,41H,10-12,15-17,19-23H2,1H3,(H,37,42). The van der Waals surface area contributed by atoms with Crippen LogP contribution >= 0.6 is 0 Å². The second kappa shape index (κ2) is 14.7. The largest absolute Gasteiger partial charge is 0.490 e. The summed E-state index contributed by atoms with van der Waals surface area (Å²) in [6.07, 6.45) is 7.40. The molecule has 0 aliphatic carbocycles. The Morgan fingerprint density at radius 3 is 2.56 bits per heavy atom. The number of hydrogen-bond acceptors (Lipinski definition) is 9. The van der Waals surface area contributed by atoms with Gasteiger partial charge in [0, 0.05) is 63.8 Å². The molecule has 1 unspecified atom stereocenters. The molecule has 4 aromatic rings. The molecule has 1 amide bonds. The van der Waals surface area contributed by atoms with Crippen molar-refractivity contribution in [3.8, 4) is 11.5 Å². The van der Waals surface area contributed by atoms with Crippen LogP contribution in [0.3, 0.4) is 0 Å². The summed E-state index contributed by atoms with van der Waals surface area (Å²) in [5, 5.41) is 13.6. The lowest BCUT2D eigenvalue weighted by molar-refractivity contribution is 0.0841. The van der Waals surface area contributed by atoms with E-state index in [-0.39, 0.29) is 18.6 Å². The number of nitrogens with zero attached hydrogens (tertiary/aromatic N) is 4. The molecule has 2 N–H and O–H groups in total. The summed E-state index contributed by atoms with van der Waals surface area (Å²) >= 11 is 0. The van der Waals surface area contributed by atoms with Gasteiger partial charge in [-0.25, -0.2) is 4.98 Å². The maximum atomic E-state index is 12.8. The summed E-state index contributed by atoms with van der Waals surface area (Å²) in [7, 11) is 0. The molecular formula is C35H41N5O5. The fourth-order valence-electron chi connectivity index (χ4n) is 5.93. The van der Waals surface area contributed by atoms with Gasteiger partial charge in [-0.2, -0.15) is 0 Å². The third kappa shape index (κ3) is 8.48. The smallest absolute Gasteiger partial charge is 0.251 e. The molecule has 0 bridgehead atoms. The highest BCUT2D eigenvalue weighted by Crippen LogP contribution is 2.25. The molecule has 2 aliphatic rings. The molecule has 6 rings (SSSR count). The number of pyridine rings is 1. The topological polar surface area (TPSA) is 113 Å². The number of aliphatic hydroxyl groups is 1. The van der Waals surface area contributed by atoms with Crippen molar-refractivity contribution in [1.82, 2.24) is 25.1 Å². The number of rotatable bonds is 12. The number of ether oxygens (including phenoxy) is 2. The Balaban J connectivity index is 0.897. The summed E-state index contributed by atoms with van der Waals surface area (Å²) < 4.78 is 17.5. The number of piperidine rings is 1. The number of β-amino-alcohol motifs (C(OH)–C–C–N with tert-alkyl or cyclic N) is 1. The van der Waals surface area contributed by atoms with E-state index < -0.39 is 6.10 Å². The molecule has 0 spiro atoms. The van der Waals surface area contributed by atoms with Crippen LogP contribution in [0, 0.1) is 6.92 Å². The van der Waals surface area contributed by atoms with Crippen molar-refractivity contribution < 1.29 is 23.8 Å². The number of benzene rings is 2. The second-order valence-electron chi connectivity index (χ2n) is 11.9. The lowest BCUT2D eigenvalue weighted by atomic mass is 9.99. The van der Waals surface area contributed by atoms with Crippen molar-refractivity contribution in [2.45, 2.75) is 58.1 Å². The van der Waals surface area contributed by atoms with Crippen LogP contribution in [-0.4, -0.2) is 75.7 Å². The van der Waals surface area contributed by atoms with Crippen molar-refractivity contribution in [1.29, 1.82) is 0 Å². The maximum Gasteiger partial charge on any atom is 0.251 e. The Morgan fingerprint density at radius 1 is 1.02 bits per heavy atom. The van der Waals surface area contributed by atoms with Gasteiger partial charge in [0.05, 0.1) is 11.8 Å². The third-order valence-corrected chi connectivity index (χ3v) is 8.56. The number of fused-ring (bicyclic) bond motifs is 1. The molecule has 2 aromatic carbocycles. The van der Waals surface area contributed by atoms with Gasteiger partial charge in [-0.15, -0.1) is 0 Å². The highest BCUT2D eigenvalue weighted by atomic mass is 16.5. The number of carbonyl (C=O) groups is 1. The summed E-state index contributed by atoms with van der Waals surface area (Å²) in [5.74, 6) is 2.10. The quantitative estimate of drug-likeness (QED) is 0.244. The van der Waals surface area contributed by atoms with Gasteiger partial charge < -0.3 is 24.3 Å². The fraction of sp³-hybridized carbons (Fsp3) is 0.400. The predicted molar refractivity (Wildman–Crippen MR) is 169 cm³/mol. The third-order valence-electron chi connectivity index (χ3n) is 8.56. The Morgan fingerprint density at radius 2 is 1.80 bits per heavy atom. The Labute approximate surface area is 264 Å². The minimum atomic E-state index is -0.671. The molecule has 2 aromatic heterocycles. The molecule has 1 saturated heterocycles. The van der Waals surface area contributed by atoms with Crippen LogP contribution in [0.2, 0.25) is 0 Å². The van der Waals surface area contributed by atoms with Crippen LogP contribution < -0.4 is 14.8 Å². The van der Waals surface area contributed by atoms with Crippen LogP contribution in [-0.2, 0) is 26.1 Å². The lowest BCUT2D eigenvalue weighted by Gasteiger charge is -2.32. The number of nitrogens with one attached hydrogen (secondary N) is 1. The van der Waals surface area contributed by atoms with Crippen LogP contribution in [0.4, 0.5) is 0 Å². The number of aliphatic hydroxyl groups excluding tert-OH is 1. The van der Waals surface area contributed by atoms with E-state index in [0.29, 0.717) is 18.7 Å². The molecule has 45 heavy (non-hydrogen) atoms. The van der Waals surface area contributed by atoms with E-state index in [1.54, 1.807) is 12.1 Å². The van der Waals surface area contributed by atoms with Gasteiger partial charge in [0.2, 0.25) is 0 Å². The van der Waals surface area contributed by atoms with Gasteiger partial charge in [0.1, 0.15) is 24.2 Å². The van der Waals surface area contributed by atoms with Crippen molar-refractivity contribution >= 4 is 5.91 Å². The maximum absolute atomic E-state index is 12.8. The molecule has 0 saturated carbocycles. The summed E-state index contributed by atoms with van der Waals surface area (Å²) in [6.45, 7) is 7.39. The number of amides is 1. The first-order chi connectivity index (χ1) is 22.0. The summed E-state index contributed by atoms with van der Waals surface area (Å²) in [5.41, 5.74) is 5.13. The van der Waals surface area contributed by atoms with E-state index in [4.69, 9.17) is 13.9 Å². The van der Waals surface area contributed by atoms with Crippen LogP contribution in [0.1, 0.15) is 51.3 Å². The normalized spacial score (nSPS) is 16.6. The van der Waals surface area contributed by atoms with Crippen LogP contribution in [0.15, 0.2) is 77.8 Å². The van der Waals surface area contributed by atoms with Crippen LogP contribution in [0.25, 0.3) is 0 Å². The highest BCUT2D eigenvalue weighted by Gasteiger charge is 2.22. The van der Waals surface area contributed by atoms with Crippen molar-refractivity contribution in [3.05, 3.63) is 107 Å². The molecule has 10 nitrogen and oxygen atoms in total. The lowest BCUT2D eigenvalue weighted by Crippen LogP contribution is -2.42. The average Bonchev–Trinajstić information content (AvgIpc) is 3.48. The van der Waals surface area contributed by atoms with E-state index >= 15 is 0 Å². The predicted octanol–water partition coefficient (Wildman–Crippen LogP) is 4.15. The van der Waals surface area contributed by atoms with Crippen molar-refractivity contribution in [3.63, 3.8) is 0 Å². The molecule has 10 heteroatoms. The van der Waals surface area contributed by atoms with Gasteiger partial charge in [-0.05, 0) is 91.4 Å². The molecule has 4 heterocycles. The number of aryl methyl sites for hydroxylation is 1. The summed E-state index contributed by atoms with van der Waals surface area (Å²) in [4.78, 5) is 25.6. The Kier molecular flexibility index (Phi) is 10.0. The molecular weight excluding hydrogens is 570 g/mol. The number of carbonyl (C=O) groups excluding carboxylic acids is 1. The van der Waals surface area contributed by atoms with Crippen molar-refractivity contribution in [2.24, 2.45) is 0 Å². The van der Waals surface area contributed by atoms with E-state index in [2.05, 4.69) is 49.4 Å². The first-order valence-electron chi connectivity index (χ1n) is 15.7. The minimum absolute atomic E-state index is 0.167. The van der Waals surface area contributed by atoms with Gasteiger partial charge in [-0.3, -0.25) is 19.6 Å². The number of likely N-dealkylation sites (tertiary alicyclic amines) is 1. The van der Waals surface area contributed by atoms with Gasteiger partial charge >= 0.3 is 0 Å². The minimum Gasteiger partial charge on any atom is -0.490 e. The number of hydrogen-bond donors (Lipinski definition) is 2. The fourth-order valence-corrected chi connectivity index (χ4v) is 5.93. The van der Waals surface area contributed by atoms with Gasteiger partial charge in [0.25, 0.3) is 5.91 Å².